The zero-order valence-corrected chi connectivity index (χ0v) is 16.3. The zero-order chi connectivity index (χ0) is 18.5. The average molecular weight is 405 g/mol. The summed E-state index contributed by atoms with van der Waals surface area (Å²) >= 11 is 3.02. The van der Waals surface area contributed by atoms with Gasteiger partial charge in [0.25, 0.3) is 0 Å². The van der Waals surface area contributed by atoms with E-state index in [0.717, 1.165) is 41.1 Å². The second-order valence-corrected chi connectivity index (χ2v) is 8.06. The van der Waals surface area contributed by atoms with E-state index in [0.29, 0.717) is 13.1 Å². The van der Waals surface area contributed by atoms with E-state index < -0.39 is 0 Å². The van der Waals surface area contributed by atoms with Gasteiger partial charge < -0.3 is 14.5 Å². The van der Waals surface area contributed by atoms with Crippen molar-refractivity contribution >= 4 is 29.0 Å². The fraction of sp³-hybridized carbons (Fsp3) is 0.389. The fourth-order valence-electron chi connectivity index (χ4n) is 2.92. The number of carbonyl (C=O) groups excluding carboxylic acids is 1. The third-order valence-corrected chi connectivity index (χ3v) is 6.07. The molecule has 1 aliphatic rings. The van der Waals surface area contributed by atoms with Gasteiger partial charge in [-0.1, -0.05) is 17.8 Å². The van der Waals surface area contributed by atoms with Gasteiger partial charge in [-0.15, -0.1) is 21.5 Å². The molecule has 1 saturated heterocycles. The molecule has 1 atom stereocenters. The van der Waals surface area contributed by atoms with Gasteiger partial charge in [0.05, 0.1) is 36.1 Å². The molecule has 0 spiro atoms. The van der Waals surface area contributed by atoms with Crippen LogP contribution in [0, 0.1) is 0 Å². The first-order valence-corrected chi connectivity index (χ1v) is 10.7. The van der Waals surface area contributed by atoms with Gasteiger partial charge >= 0.3 is 0 Å². The van der Waals surface area contributed by atoms with E-state index in [9.17, 15) is 4.79 Å². The molecular weight excluding hydrogens is 384 g/mol. The number of carbonyl (C=O) groups is 1. The molecule has 3 aromatic heterocycles. The highest BCUT2D eigenvalue weighted by molar-refractivity contribution is 7.99. The van der Waals surface area contributed by atoms with Gasteiger partial charge in [-0.3, -0.25) is 9.36 Å². The summed E-state index contributed by atoms with van der Waals surface area (Å²) in [6, 6.07) is 7.67. The quantitative estimate of drug-likeness (QED) is 0.581. The molecule has 0 aromatic carbocycles. The van der Waals surface area contributed by atoms with Crippen molar-refractivity contribution in [3.8, 4) is 10.7 Å². The molecule has 4 heterocycles. The Bertz CT molecular complexity index is 855. The summed E-state index contributed by atoms with van der Waals surface area (Å²) in [5, 5.41) is 14.3. The van der Waals surface area contributed by atoms with Crippen LogP contribution in [0.4, 0.5) is 0 Å². The van der Waals surface area contributed by atoms with Crippen LogP contribution in [-0.2, 0) is 22.6 Å². The van der Waals surface area contributed by atoms with Crippen LogP contribution < -0.4 is 5.32 Å². The highest BCUT2D eigenvalue weighted by Crippen LogP contribution is 2.29. The van der Waals surface area contributed by atoms with Crippen molar-refractivity contribution in [1.82, 2.24) is 20.1 Å². The van der Waals surface area contributed by atoms with E-state index in [1.807, 2.05) is 23.6 Å². The van der Waals surface area contributed by atoms with Crippen LogP contribution >= 0.6 is 23.1 Å². The normalized spacial score (nSPS) is 16.7. The number of nitrogens with one attached hydrogen (secondary N) is 1. The highest BCUT2D eigenvalue weighted by Gasteiger charge is 2.22. The minimum Gasteiger partial charge on any atom is -0.467 e. The van der Waals surface area contributed by atoms with Crippen molar-refractivity contribution in [2.45, 2.75) is 37.2 Å². The molecule has 0 bridgehead atoms. The summed E-state index contributed by atoms with van der Waals surface area (Å²) in [7, 11) is 0. The summed E-state index contributed by atoms with van der Waals surface area (Å²) in [5.41, 5.74) is 0. The molecule has 142 valence electrons. The minimum atomic E-state index is -0.0688. The number of hydrogen-bond acceptors (Lipinski definition) is 7. The van der Waals surface area contributed by atoms with Gasteiger partial charge in [0.2, 0.25) is 5.91 Å². The van der Waals surface area contributed by atoms with Crippen molar-refractivity contribution in [2.75, 3.05) is 12.4 Å². The molecule has 0 aliphatic carbocycles. The first-order valence-electron chi connectivity index (χ1n) is 8.80. The number of thioether (sulfide) groups is 1. The Hall–Kier alpha value is -2.10. The maximum atomic E-state index is 12.1. The highest BCUT2D eigenvalue weighted by atomic mass is 32.2. The van der Waals surface area contributed by atoms with Crippen LogP contribution in [0.15, 0.2) is 45.5 Å². The molecule has 7 nitrogen and oxygen atoms in total. The van der Waals surface area contributed by atoms with Crippen molar-refractivity contribution < 1.29 is 13.9 Å². The molecule has 1 N–H and O–H groups in total. The minimum absolute atomic E-state index is 0.0688. The lowest BCUT2D eigenvalue weighted by molar-refractivity contribution is -0.118. The van der Waals surface area contributed by atoms with Gasteiger partial charge in [0, 0.05) is 6.61 Å². The molecule has 27 heavy (non-hydrogen) atoms. The summed E-state index contributed by atoms with van der Waals surface area (Å²) in [5.74, 6) is 1.77. The smallest absolute Gasteiger partial charge is 0.230 e. The van der Waals surface area contributed by atoms with Gasteiger partial charge in [-0.25, -0.2) is 0 Å². The Morgan fingerprint density at radius 2 is 2.33 bits per heavy atom. The maximum absolute atomic E-state index is 12.1. The fourth-order valence-corrected chi connectivity index (χ4v) is 4.42. The standard InChI is InChI=1S/C18H20N4O3S2/c23-16(19-10-13-4-1-7-24-13)12-27-18-21-20-17(15-6-3-9-26-15)22(18)11-14-5-2-8-25-14/h1,3-4,6-7,9,14H,2,5,8,10-12H2,(H,19,23)/t14-/m1/s1. The van der Waals surface area contributed by atoms with Crippen LogP contribution in [0.25, 0.3) is 10.7 Å². The second-order valence-electron chi connectivity index (χ2n) is 6.17. The molecule has 0 radical (unpaired) electrons. The number of rotatable bonds is 8. The van der Waals surface area contributed by atoms with E-state index in [1.54, 1.807) is 23.7 Å². The lowest BCUT2D eigenvalue weighted by Crippen LogP contribution is -2.24. The van der Waals surface area contributed by atoms with E-state index in [4.69, 9.17) is 9.15 Å². The van der Waals surface area contributed by atoms with E-state index in [2.05, 4.69) is 20.1 Å². The molecule has 1 aliphatic heterocycles. The third-order valence-electron chi connectivity index (χ3n) is 4.24. The van der Waals surface area contributed by atoms with Crippen LogP contribution in [0.2, 0.25) is 0 Å². The average Bonchev–Trinajstić information content (AvgIpc) is 3.47. The number of nitrogens with zero attached hydrogens (tertiary/aromatic N) is 3. The van der Waals surface area contributed by atoms with Crippen molar-refractivity contribution in [3.63, 3.8) is 0 Å². The molecule has 0 saturated carbocycles. The number of aromatic nitrogens is 3. The van der Waals surface area contributed by atoms with Crippen LogP contribution in [0.1, 0.15) is 18.6 Å². The number of hydrogen-bond donors (Lipinski definition) is 1. The summed E-state index contributed by atoms with van der Waals surface area (Å²) < 4.78 is 13.1. The molecular formula is C18H20N4O3S2. The number of ether oxygens (including phenoxy) is 1. The predicted octanol–water partition coefficient (Wildman–Crippen LogP) is 3.19. The van der Waals surface area contributed by atoms with Crippen LogP contribution in [0.3, 0.4) is 0 Å². The second kappa shape index (κ2) is 8.73. The first kappa shape index (κ1) is 18.3. The first-order chi connectivity index (χ1) is 13.3. The Labute approximate surface area is 165 Å². The molecule has 1 amide bonds. The van der Waals surface area contributed by atoms with Crippen molar-refractivity contribution in [2.24, 2.45) is 0 Å². The Morgan fingerprint density at radius 3 is 3.07 bits per heavy atom. The maximum Gasteiger partial charge on any atom is 0.230 e. The van der Waals surface area contributed by atoms with Gasteiger partial charge in [0.15, 0.2) is 11.0 Å². The van der Waals surface area contributed by atoms with Gasteiger partial charge in [0.1, 0.15) is 5.76 Å². The van der Waals surface area contributed by atoms with Gasteiger partial charge in [-0.2, -0.15) is 0 Å². The molecule has 0 unspecified atom stereocenters. The Balaban J connectivity index is 1.42. The largest absolute Gasteiger partial charge is 0.467 e. The molecule has 1 fully saturated rings. The lowest BCUT2D eigenvalue weighted by atomic mass is 10.2. The molecule has 9 heteroatoms. The Kier molecular flexibility index (Phi) is 5.90. The molecule has 3 aromatic rings. The zero-order valence-electron chi connectivity index (χ0n) is 14.7. The van der Waals surface area contributed by atoms with Crippen molar-refractivity contribution in [3.05, 3.63) is 41.7 Å². The summed E-state index contributed by atoms with van der Waals surface area (Å²) in [6.07, 6.45) is 3.89. The number of amides is 1. The summed E-state index contributed by atoms with van der Waals surface area (Å²) in [4.78, 5) is 13.2. The molecule has 4 rings (SSSR count). The van der Waals surface area contributed by atoms with E-state index in [-0.39, 0.29) is 17.8 Å². The monoisotopic (exact) mass is 404 g/mol. The van der Waals surface area contributed by atoms with E-state index >= 15 is 0 Å². The van der Waals surface area contributed by atoms with E-state index in [1.165, 1.54) is 11.8 Å². The topological polar surface area (TPSA) is 82.2 Å². The number of furan rings is 1. The van der Waals surface area contributed by atoms with Crippen molar-refractivity contribution in [1.29, 1.82) is 0 Å². The third kappa shape index (κ3) is 4.60. The van der Waals surface area contributed by atoms with Crippen LogP contribution in [-0.4, -0.2) is 39.1 Å². The summed E-state index contributed by atoms with van der Waals surface area (Å²) in [6.45, 7) is 1.89. The number of thiophene rings is 1. The van der Waals surface area contributed by atoms with Crippen LogP contribution in [0.5, 0.6) is 0 Å². The predicted molar refractivity (Wildman–Crippen MR) is 104 cm³/mol. The lowest BCUT2D eigenvalue weighted by Gasteiger charge is -2.14. The van der Waals surface area contributed by atoms with Gasteiger partial charge in [-0.05, 0) is 36.4 Å². The SMILES string of the molecule is O=C(CSc1nnc(-c2cccs2)n1C[C@H]1CCCO1)NCc1ccco1. The Morgan fingerprint density at radius 1 is 1.37 bits per heavy atom.